The van der Waals surface area contributed by atoms with E-state index in [1.54, 1.807) is 0 Å². The quantitative estimate of drug-likeness (QED) is 0.403. The van der Waals surface area contributed by atoms with Gasteiger partial charge in [-0.15, -0.1) is 0 Å². The van der Waals surface area contributed by atoms with Crippen molar-refractivity contribution in [3.63, 3.8) is 0 Å². The lowest BCUT2D eigenvalue weighted by Crippen LogP contribution is -2.43. The Morgan fingerprint density at radius 2 is 1.72 bits per heavy atom. The number of rotatable bonds is 9. The fourth-order valence-corrected chi connectivity index (χ4v) is 4.39. The Bertz CT molecular complexity index is 960. The second-order valence-electron chi connectivity index (χ2n) is 8.26. The minimum Gasteiger partial charge on any atom is -0.356 e. The van der Waals surface area contributed by atoms with E-state index >= 15 is 0 Å². The van der Waals surface area contributed by atoms with Crippen LogP contribution in [0.5, 0.6) is 0 Å². The van der Waals surface area contributed by atoms with Crippen molar-refractivity contribution in [1.82, 2.24) is 25.1 Å². The van der Waals surface area contributed by atoms with Gasteiger partial charge in [0.2, 0.25) is 0 Å². The van der Waals surface area contributed by atoms with Crippen LogP contribution >= 0.6 is 0 Å². The zero-order chi connectivity index (χ0) is 22.0. The number of nitrogens with zero attached hydrogens (tertiary/aromatic N) is 4. The summed E-state index contributed by atoms with van der Waals surface area (Å²) in [4.78, 5) is 11.6. The van der Waals surface area contributed by atoms with Crippen molar-refractivity contribution >= 4 is 5.96 Å². The number of hydrogen-bond acceptors (Lipinski definition) is 3. The molecule has 32 heavy (non-hydrogen) atoms. The number of aliphatic imine (C=N–C) groups is 1. The van der Waals surface area contributed by atoms with E-state index in [1.807, 2.05) is 19.3 Å². The van der Waals surface area contributed by atoms with Crippen LogP contribution in [0.1, 0.15) is 35.8 Å². The normalized spacial score (nSPS) is 15.6. The highest BCUT2D eigenvalue weighted by Crippen LogP contribution is 2.24. The van der Waals surface area contributed by atoms with E-state index in [9.17, 15) is 0 Å². The van der Waals surface area contributed by atoms with Gasteiger partial charge in [-0.2, -0.15) is 0 Å². The maximum Gasteiger partial charge on any atom is 0.191 e. The van der Waals surface area contributed by atoms with E-state index in [-0.39, 0.29) is 0 Å². The van der Waals surface area contributed by atoms with Crippen LogP contribution in [0.4, 0.5) is 0 Å². The molecule has 4 rings (SSSR count). The number of imidazole rings is 1. The molecule has 6 heteroatoms. The predicted molar refractivity (Wildman–Crippen MR) is 131 cm³/mol. The van der Waals surface area contributed by atoms with E-state index in [1.165, 1.54) is 24.0 Å². The van der Waals surface area contributed by atoms with Gasteiger partial charge in [-0.05, 0) is 37.1 Å². The maximum atomic E-state index is 4.56. The van der Waals surface area contributed by atoms with Crippen LogP contribution in [-0.2, 0) is 13.0 Å². The Hall–Kier alpha value is -3.12. The summed E-state index contributed by atoms with van der Waals surface area (Å²) in [5.74, 6) is 1.92. The van der Waals surface area contributed by atoms with Crippen molar-refractivity contribution in [1.29, 1.82) is 0 Å². The fraction of sp³-hybridized carbons (Fsp3) is 0.385. The molecule has 168 valence electrons. The summed E-state index contributed by atoms with van der Waals surface area (Å²) >= 11 is 0. The van der Waals surface area contributed by atoms with Crippen molar-refractivity contribution < 1.29 is 0 Å². The van der Waals surface area contributed by atoms with E-state index in [2.05, 4.69) is 90.9 Å². The molecule has 2 heterocycles. The highest BCUT2D eigenvalue weighted by molar-refractivity contribution is 5.79. The highest BCUT2D eigenvalue weighted by atomic mass is 15.2. The Morgan fingerprint density at radius 3 is 2.44 bits per heavy atom. The summed E-state index contributed by atoms with van der Waals surface area (Å²) in [6, 6.07) is 21.7. The second kappa shape index (κ2) is 11.5. The molecule has 0 spiro atoms. The van der Waals surface area contributed by atoms with E-state index in [0.29, 0.717) is 6.04 Å². The van der Waals surface area contributed by atoms with Crippen LogP contribution < -0.4 is 10.6 Å². The minimum atomic E-state index is 0.363. The molecule has 2 N–H and O–H groups in total. The molecule has 2 aromatic carbocycles. The number of likely N-dealkylation sites (tertiary alicyclic amines) is 1. The SMILES string of the molecule is CN=C(NCCc1nccn1Cc1ccccc1)NCC(c1ccccc1)N1CCCC1. The fourth-order valence-electron chi connectivity index (χ4n) is 4.39. The summed E-state index contributed by atoms with van der Waals surface area (Å²) in [6.07, 6.45) is 7.34. The van der Waals surface area contributed by atoms with Crippen molar-refractivity contribution in [3.05, 3.63) is 90.0 Å². The third-order valence-electron chi connectivity index (χ3n) is 6.09. The largest absolute Gasteiger partial charge is 0.356 e. The third-order valence-corrected chi connectivity index (χ3v) is 6.09. The molecule has 0 amide bonds. The molecule has 0 aliphatic carbocycles. The van der Waals surface area contributed by atoms with E-state index in [4.69, 9.17) is 0 Å². The first kappa shape index (κ1) is 22.1. The average Bonchev–Trinajstić information content (AvgIpc) is 3.52. The summed E-state index contributed by atoms with van der Waals surface area (Å²) in [5, 5.41) is 7.01. The van der Waals surface area contributed by atoms with Gasteiger partial charge in [-0.25, -0.2) is 4.98 Å². The van der Waals surface area contributed by atoms with Crippen LogP contribution in [0.25, 0.3) is 0 Å². The van der Waals surface area contributed by atoms with Crippen LogP contribution in [0.3, 0.4) is 0 Å². The lowest BCUT2D eigenvalue weighted by atomic mass is 10.1. The van der Waals surface area contributed by atoms with Gasteiger partial charge in [-0.3, -0.25) is 9.89 Å². The summed E-state index contributed by atoms with van der Waals surface area (Å²) in [5.41, 5.74) is 2.64. The third kappa shape index (κ3) is 5.98. The number of hydrogen-bond donors (Lipinski definition) is 2. The summed E-state index contributed by atoms with van der Waals surface area (Å²) in [6.45, 7) is 4.80. The zero-order valence-electron chi connectivity index (χ0n) is 19.0. The maximum absolute atomic E-state index is 4.56. The molecule has 1 saturated heterocycles. The predicted octanol–water partition coefficient (Wildman–Crippen LogP) is 3.48. The van der Waals surface area contributed by atoms with E-state index in [0.717, 1.165) is 50.9 Å². The molecule has 1 aliphatic rings. The molecule has 1 unspecified atom stereocenters. The minimum absolute atomic E-state index is 0.363. The van der Waals surface area contributed by atoms with Gasteiger partial charge >= 0.3 is 0 Å². The topological polar surface area (TPSA) is 57.5 Å². The number of benzene rings is 2. The van der Waals surface area contributed by atoms with E-state index < -0.39 is 0 Å². The van der Waals surface area contributed by atoms with Gasteiger partial charge in [0.15, 0.2) is 5.96 Å². The van der Waals surface area contributed by atoms with Crippen molar-refractivity contribution in [2.75, 3.05) is 33.2 Å². The van der Waals surface area contributed by atoms with Gasteiger partial charge in [0.25, 0.3) is 0 Å². The van der Waals surface area contributed by atoms with Gasteiger partial charge < -0.3 is 15.2 Å². The Labute approximate surface area is 191 Å². The first-order valence-corrected chi connectivity index (χ1v) is 11.6. The first-order valence-electron chi connectivity index (χ1n) is 11.6. The Morgan fingerprint density at radius 1 is 1.00 bits per heavy atom. The van der Waals surface area contributed by atoms with Crippen molar-refractivity contribution in [3.8, 4) is 0 Å². The number of aromatic nitrogens is 2. The molecule has 1 fully saturated rings. The molecule has 3 aromatic rings. The molecule has 1 aromatic heterocycles. The lowest BCUT2D eigenvalue weighted by Gasteiger charge is -2.29. The number of guanidine groups is 1. The van der Waals surface area contributed by atoms with Gasteiger partial charge in [-0.1, -0.05) is 60.7 Å². The van der Waals surface area contributed by atoms with Crippen LogP contribution in [0.15, 0.2) is 78.0 Å². The van der Waals surface area contributed by atoms with Gasteiger partial charge in [0.1, 0.15) is 5.82 Å². The number of nitrogens with one attached hydrogen (secondary N) is 2. The molecule has 6 nitrogen and oxygen atoms in total. The molecular formula is C26H34N6. The molecule has 0 saturated carbocycles. The monoisotopic (exact) mass is 430 g/mol. The second-order valence-corrected chi connectivity index (χ2v) is 8.26. The van der Waals surface area contributed by atoms with Crippen LogP contribution in [0, 0.1) is 0 Å². The molecule has 1 aliphatic heterocycles. The first-order chi connectivity index (χ1) is 15.8. The smallest absolute Gasteiger partial charge is 0.191 e. The Kier molecular flexibility index (Phi) is 7.93. The summed E-state index contributed by atoms with van der Waals surface area (Å²) < 4.78 is 2.21. The molecule has 0 radical (unpaired) electrons. The standard InChI is InChI=1S/C26H34N6/c1-27-26(30-20-24(31-17-8-9-18-31)23-12-6-3-7-13-23)29-15-14-25-28-16-19-32(25)21-22-10-4-2-5-11-22/h2-7,10-13,16,19,24H,8-9,14-15,17-18,20-21H2,1H3,(H2,27,29,30). The lowest BCUT2D eigenvalue weighted by molar-refractivity contribution is 0.245. The molecule has 1 atom stereocenters. The van der Waals surface area contributed by atoms with Crippen LogP contribution in [-0.4, -0.2) is 53.6 Å². The average molecular weight is 431 g/mol. The zero-order valence-corrected chi connectivity index (χ0v) is 19.0. The van der Waals surface area contributed by atoms with Crippen molar-refractivity contribution in [2.24, 2.45) is 4.99 Å². The van der Waals surface area contributed by atoms with Gasteiger partial charge in [0.05, 0.1) is 6.04 Å². The van der Waals surface area contributed by atoms with Crippen LogP contribution in [0.2, 0.25) is 0 Å². The molecule has 0 bridgehead atoms. The van der Waals surface area contributed by atoms with Crippen molar-refractivity contribution in [2.45, 2.75) is 31.8 Å². The Balaban J connectivity index is 1.29. The molecular weight excluding hydrogens is 396 g/mol. The highest BCUT2D eigenvalue weighted by Gasteiger charge is 2.23. The summed E-state index contributed by atoms with van der Waals surface area (Å²) in [7, 11) is 1.83. The van der Waals surface area contributed by atoms with Gasteiger partial charge in [0, 0.05) is 45.5 Å².